The third-order valence-corrected chi connectivity index (χ3v) is 3.52. The average molecular weight is 285 g/mol. The van der Waals surface area contributed by atoms with Gasteiger partial charge < -0.3 is 10.3 Å². The number of hydrogen-bond acceptors (Lipinski definition) is 3. The van der Waals surface area contributed by atoms with Gasteiger partial charge in [0, 0.05) is 5.56 Å². The second kappa shape index (κ2) is 5.02. The number of anilines is 1. The van der Waals surface area contributed by atoms with Crippen LogP contribution in [0.1, 0.15) is 5.56 Å². The summed E-state index contributed by atoms with van der Waals surface area (Å²) in [5, 5.41) is 4.68. The molecule has 3 nitrogen and oxygen atoms in total. The lowest BCUT2D eigenvalue weighted by molar-refractivity contribution is 0.439. The monoisotopic (exact) mass is 284 g/mol. The fourth-order valence-electron chi connectivity index (χ4n) is 2.14. The van der Waals surface area contributed by atoms with Crippen LogP contribution in [0.5, 0.6) is 0 Å². The lowest BCUT2D eigenvalue weighted by Crippen LogP contribution is -1.88. The van der Waals surface area contributed by atoms with Crippen LogP contribution in [0.15, 0.2) is 53.1 Å². The van der Waals surface area contributed by atoms with E-state index in [2.05, 4.69) is 5.16 Å². The highest BCUT2D eigenvalue weighted by molar-refractivity contribution is 6.33. The molecule has 0 amide bonds. The van der Waals surface area contributed by atoms with Crippen LogP contribution in [-0.4, -0.2) is 5.16 Å². The molecular weight excluding hydrogens is 272 g/mol. The van der Waals surface area contributed by atoms with Crippen molar-refractivity contribution in [3.8, 4) is 22.4 Å². The summed E-state index contributed by atoms with van der Waals surface area (Å²) in [5.41, 5.74) is 10.3. The maximum atomic E-state index is 6.23. The zero-order chi connectivity index (χ0) is 14.1. The van der Waals surface area contributed by atoms with Crippen molar-refractivity contribution >= 4 is 17.5 Å². The molecule has 100 valence electrons. The number of nitrogen functional groups attached to an aromatic ring is 1. The van der Waals surface area contributed by atoms with Crippen molar-refractivity contribution in [2.45, 2.75) is 6.92 Å². The molecule has 2 aromatic carbocycles. The predicted molar refractivity (Wildman–Crippen MR) is 81.5 cm³/mol. The molecule has 0 atom stereocenters. The average Bonchev–Trinajstić information content (AvgIpc) is 2.82. The van der Waals surface area contributed by atoms with Crippen molar-refractivity contribution in [2.75, 3.05) is 5.73 Å². The van der Waals surface area contributed by atoms with Crippen LogP contribution in [-0.2, 0) is 0 Å². The van der Waals surface area contributed by atoms with Gasteiger partial charge in [0.1, 0.15) is 5.69 Å². The summed E-state index contributed by atoms with van der Waals surface area (Å²) in [6.07, 6.45) is 0. The lowest BCUT2D eigenvalue weighted by Gasteiger charge is -2.05. The van der Waals surface area contributed by atoms with E-state index in [0.717, 1.165) is 16.7 Å². The highest BCUT2D eigenvalue weighted by Crippen LogP contribution is 2.38. The summed E-state index contributed by atoms with van der Waals surface area (Å²) in [4.78, 5) is 0. The first-order chi connectivity index (χ1) is 9.66. The summed E-state index contributed by atoms with van der Waals surface area (Å²) in [6, 6.07) is 15.6. The van der Waals surface area contributed by atoms with Crippen LogP contribution < -0.4 is 5.73 Å². The number of halogens is 1. The standard InChI is InChI=1S/C16H13ClN2O/c1-10-6-8-11(9-7-10)14-15(19-20-16(14)18)12-4-2-3-5-13(12)17/h2-9H,18H2,1H3. The molecule has 3 rings (SSSR count). The molecule has 1 aromatic heterocycles. The van der Waals surface area contributed by atoms with E-state index in [1.807, 2.05) is 55.5 Å². The van der Waals surface area contributed by atoms with Gasteiger partial charge in [0.2, 0.25) is 5.88 Å². The molecule has 0 saturated heterocycles. The van der Waals surface area contributed by atoms with Crippen molar-refractivity contribution in [3.05, 3.63) is 59.1 Å². The minimum atomic E-state index is 0.295. The third-order valence-electron chi connectivity index (χ3n) is 3.19. The van der Waals surface area contributed by atoms with Crippen molar-refractivity contribution in [3.63, 3.8) is 0 Å². The van der Waals surface area contributed by atoms with Gasteiger partial charge in [-0.2, -0.15) is 0 Å². The van der Waals surface area contributed by atoms with E-state index in [4.69, 9.17) is 21.9 Å². The Morgan fingerprint density at radius 3 is 2.45 bits per heavy atom. The van der Waals surface area contributed by atoms with Gasteiger partial charge >= 0.3 is 0 Å². The van der Waals surface area contributed by atoms with E-state index in [-0.39, 0.29) is 0 Å². The van der Waals surface area contributed by atoms with Crippen LogP contribution in [0, 0.1) is 6.92 Å². The van der Waals surface area contributed by atoms with Gasteiger partial charge in [0.25, 0.3) is 0 Å². The first-order valence-electron chi connectivity index (χ1n) is 6.24. The summed E-state index contributed by atoms with van der Waals surface area (Å²) >= 11 is 6.23. The molecule has 0 unspecified atom stereocenters. The Labute approximate surface area is 122 Å². The smallest absolute Gasteiger partial charge is 0.230 e. The molecule has 0 aliphatic carbocycles. The molecule has 20 heavy (non-hydrogen) atoms. The molecule has 0 spiro atoms. The third kappa shape index (κ3) is 2.17. The molecule has 3 aromatic rings. The van der Waals surface area contributed by atoms with Crippen LogP contribution in [0.25, 0.3) is 22.4 Å². The number of aryl methyl sites for hydroxylation is 1. The summed E-state index contributed by atoms with van der Waals surface area (Å²) in [7, 11) is 0. The maximum Gasteiger partial charge on any atom is 0.230 e. The summed E-state index contributed by atoms with van der Waals surface area (Å²) in [5.74, 6) is 0.295. The Balaban J connectivity index is 2.20. The lowest BCUT2D eigenvalue weighted by atomic mass is 10.00. The fraction of sp³-hybridized carbons (Fsp3) is 0.0625. The molecule has 0 aliphatic heterocycles. The van der Waals surface area contributed by atoms with E-state index in [0.29, 0.717) is 16.6 Å². The van der Waals surface area contributed by atoms with Crippen LogP contribution >= 0.6 is 11.6 Å². The van der Waals surface area contributed by atoms with Gasteiger partial charge in [-0.05, 0) is 18.6 Å². The molecule has 0 aliphatic rings. The molecular formula is C16H13ClN2O. The largest absolute Gasteiger partial charge is 0.367 e. The maximum absolute atomic E-state index is 6.23. The van der Waals surface area contributed by atoms with Crippen molar-refractivity contribution in [1.82, 2.24) is 5.16 Å². The van der Waals surface area contributed by atoms with Crippen molar-refractivity contribution in [1.29, 1.82) is 0 Å². The van der Waals surface area contributed by atoms with Gasteiger partial charge in [-0.15, -0.1) is 0 Å². The molecule has 0 bridgehead atoms. The molecule has 2 N–H and O–H groups in total. The Bertz CT molecular complexity index is 747. The second-order valence-electron chi connectivity index (χ2n) is 4.62. The fourth-order valence-corrected chi connectivity index (χ4v) is 2.36. The van der Waals surface area contributed by atoms with E-state index >= 15 is 0 Å². The minimum absolute atomic E-state index is 0.295. The molecule has 0 fully saturated rings. The Hall–Kier alpha value is -2.26. The normalized spacial score (nSPS) is 10.7. The SMILES string of the molecule is Cc1ccc(-c2c(-c3ccccc3Cl)noc2N)cc1. The molecule has 0 radical (unpaired) electrons. The van der Waals surface area contributed by atoms with Crippen LogP contribution in [0.3, 0.4) is 0 Å². The topological polar surface area (TPSA) is 52.0 Å². The summed E-state index contributed by atoms with van der Waals surface area (Å²) in [6.45, 7) is 2.04. The molecule has 4 heteroatoms. The highest BCUT2D eigenvalue weighted by atomic mass is 35.5. The number of hydrogen-bond donors (Lipinski definition) is 1. The number of aromatic nitrogens is 1. The van der Waals surface area contributed by atoms with E-state index in [1.54, 1.807) is 0 Å². The Kier molecular flexibility index (Phi) is 3.20. The zero-order valence-corrected chi connectivity index (χ0v) is 11.7. The molecule has 0 saturated carbocycles. The Morgan fingerprint density at radius 2 is 1.75 bits per heavy atom. The van der Waals surface area contributed by atoms with E-state index in [1.165, 1.54) is 5.56 Å². The number of benzene rings is 2. The predicted octanol–water partition coefficient (Wildman–Crippen LogP) is 4.55. The molecule has 1 heterocycles. The van der Waals surface area contributed by atoms with Gasteiger partial charge in [0.05, 0.1) is 10.6 Å². The second-order valence-corrected chi connectivity index (χ2v) is 5.02. The van der Waals surface area contributed by atoms with Crippen LogP contribution in [0.2, 0.25) is 5.02 Å². The quantitative estimate of drug-likeness (QED) is 0.751. The van der Waals surface area contributed by atoms with Crippen molar-refractivity contribution < 1.29 is 4.52 Å². The first kappa shape index (κ1) is 12.8. The van der Waals surface area contributed by atoms with Gasteiger partial charge in [0.15, 0.2) is 0 Å². The van der Waals surface area contributed by atoms with Gasteiger partial charge in [-0.1, -0.05) is 64.8 Å². The first-order valence-corrected chi connectivity index (χ1v) is 6.61. The Morgan fingerprint density at radius 1 is 1.05 bits per heavy atom. The zero-order valence-electron chi connectivity index (χ0n) is 10.9. The van der Waals surface area contributed by atoms with Crippen LogP contribution in [0.4, 0.5) is 5.88 Å². The highest BCUT2D eigenvalue weighted by Gasteiger charge is 2.18. The van der Waals surface area contributed by atoms with E-state index < -0.39 is 0 Å². The number of rotatable bonds is 2. The van der Waals surface area contributed by atoms with Gasteiger partial charge in [-0.3, -0.25) is 0 Å². The summed E-state index contributed by atoms with van der Waals surface area (Å²) < 4.78 is 5.16. The number of nitrogens with two attached hydrogens (primary N) is 1. The van der Waals surface area contributed by atoms with Crippen molar-refractivity contribution in [2.24, 2.45) is 0 Å². The van der Waals surface area contributed by atoms with E-state index in [9.17, 15) is 0 Å². The minimum Gasteiger partial charge on any atom is -0.367 e. The number of nitrogens with zero attached hydrogens (tertiary/aromatic N) is 1. The van der Waals surface area contributed by atoms with Gasteiger partial charge in [-0.25, -0.2) is 0 Å².